The summed E-state index contributed by atoms with van der Waals surface area (Å²) in [6.07, 6.45) is 2.72. The maximum Gasteiger partial charge on any atom is 0.343 e. The third kappa shape index (κ3) is 8.09. The van der Waals surface area contributed by atoms with E-state index in [1.807, 2.05) is 53.7 Å². The Hall–Kier alpha value is -2.46. The SMILES string of the molecule is Cc1cc(C)c(C2=C(O)[C@]3(CC[C@H](OCCN4CCN(CCOCC(=O)OC(C)(C)C)CC4)CC3)OC2=O)c(C)c1. The topological polar surface area (TPSA) is 97.8 Å². The van der Waals surface area contributed by atoms with Crippen molar-refractivity contribution in [3.8, 4) is 0 Å². The molecule has 0 aromatic heterocycles. The van der Waals surface area contributed by atoms with Crippen molar-refractivity contribution in [1.82, 2.24) is 9.80 Å². The first-order valence-corrected chi connectivity index (χ1v) is 15.0. The number of carbonyl (C=O) groups excluding carboxylic acids is 2. The fourth-order valence-corrected chi connectivity index (χ4v) is 6.26. The predicted molar refractivity (Wildman–Crippen MR) is 157 cm³/mol. The van der Waals surface area contributed by atoms with Crippen LogP contribution >= 0.6 is 0 Å². The molecular weight excluding hydrogens is 524 g/mol. The zero-order valence-corrected chi connectivity index (χ0v) is 25.7. The van der Waals surface area contributed by atoms with Crippen molar-refractivity contribution in [2.24, 2.45) is 0 Å². The minimum absolute atomic E-state index is 0.0115. The number of nitrogens with zero attached hydrogens (tertiary/aromatic N) is 2. The van der Waals surface area contributed by atoms with E-state index in [2.05, 4.69) is 9.80 Å². The van der Waals surface area contributed by atoms with Gasteiger partial charge in [-0.1, -0.05) is 17.7 Å². The van der Waals surface area contributed by atoms with Gasteiger partial charge < -0.3 is 24.1 Å². The maximum atomic E-state index is 12.9. The summed E-state index contributed by atoms with van der Waals surface area (Å²) in [6.45, 7) is 18.2. The number of carbonyl (C=O) groups is 2. The van der Waals surface area contributed by atoms with Gasteiger partial charge in [0.15, 0.2) is 11.4 Å². The standard InChI is InChI=1S/C32H48N2O7/c1-22-19-23(2)27(24(3)20-22)28-29(36)32(41-30(28)37)9-7-25(8-10-32)39-18-16-34-13-11-33(12-14-34)15-17-38-21-26(35)40-31(4,5)6/h19-20,25,36H,7-18,21H2,1-6H3/t25-,32+. The highest BCUT2D eigenvalue weighted by molar-refractivity contribution is 6.20. The molecule has 1 aromatic carbocycles. The molecule has 2 fully saturated rings. The molecule has 2 aliphatic heterocycles. The monoisotopic (exact) mass is 572 g/mol. The van der Waals surface area contributed by atoms with Gasteiger partial charge in [0.2, 0.25) is 0 Å². The minimum atomic E-state index is -0.928. The van der Waals surface area contributed by atoms with Crippen LogP contribution in [0.15, 0.2) is 17.9 Å². The second-order valence-corrected chi connectivity index (χ2v) is 12.8. The summed E-state index contributed by atoms with van der Waals surface area (Å²) in [7, 11) is 0. The highest BCUT2D eigenvalue weighted by atomic mass is 16.6. The molecule has 1 N–H and O–H groups in total. The Balaban J connectivity index is 1.15. The largest absolute Gasteiger partial charge is 0.507 e. The maximum absolute atomic E-state index is 12.9. The fraction of sp³-hybridized carbons (Fsp3) is 0.688. The molecule has 228 valence electrons. The van der Waals surface area contributed by atoms with Gasteiger partial charge in [-0.2, -0.15) is 0 Å². The first kappa shape index (κ1) is 31.5. The van der Waals surface area contributed by atoms with Crippen LogP contribution < -0.4 is 0 Å². The van der Waals surface area contributed by atoms with E-state index in [1.54, 1.807) is 0 Å². The van der Waals surface area contributed by atoms with E-state index in [1.165, 1.54) is 0 Å². The van der Waals surface area contributed by atoms with E-state index < -0.39 is 17.2 Å². The lowest BCUT2D eigenvalue weighted by Gasteiger charge is -2.37. The van der Waals surface area contributed by atoms with Crippen molar-refractivity contribution >= 4 is 17.5 Å². The number of hydrogen-bond acceptors (Lipinski definition) is 9. The van der Waals surface area contributed by atoms with Crippen LogP contribution in [0.5, 0.6) is 0 Å². The average molecular weight is 573 g/mol. The van der Waals surface area contributed by atoms with Gasteiger partial charge in [0.05, 0.1) is 19.3 Å². The molecule has 1 spiro atoms. The van der Waals surface area contributed by atoms with Crippen molar-refractivity contribution in [3.63, 3.8) is 0 Å². The molecule has 4 rings (SSSR count). The van der Waals surface area contributed by atoms with E-state index >= 15 is 0 Å². The Labute approximate surface area is 244 Å². The van der Waals surface area contributed by atoms with Crippen LogP contribution in [0.2, 0.25) is 0 Å². The second kappa shape index (κ2) is 13.2. The predicted octanol–water partition coefficient (Wildman–Crippen LogP) is 4.11. The third-order valence-corrected chi connectivity index (χ3v) is 8.25. The molecule has 0 atom stereocenters. The number of esters is 2. The van der Waals surface area contributed by atoms with Gasteiger partial charge in [0.1, 0.15) is 17.8 Å². The summed E-state index contributed by atoms with van der Waals surface area (Å²) in [5, 5.41) is 11.2. The van der Waals surface area contributed by atoms with Crippen LogP contribution in [-0.4, -0.2) is 103 Å². The normalized spacial score (nSPS) is 24.2. The second-order valence-electron chi connectivity index (χ2n) is 12.8. The van der Waals surface area contributed by atoms with Crippen LogP contribution in [0, 0.1) is 20.8 Å². The molecule has 9 heteroatoms. The van der Waals surface area contributed by atoms with Crippen molar-refractivity contribution in [1.29, 1.82) is 0 Å². The summed E-state index contributed by atoms with van der Waals surface area (Å²) >= 11 is 0. The van der Waals surface area contributed by atoms with Crippen molar-refractivity contribution in [3.05, 3.63) is 40.1 Å². The van der Waals surface area contributed by atoms with Crippen LogP contribution in [0.25, 0.3) is 5.57 Å². The van der Waals surface area contributed by atoms with Gasteiger partial charge in [-0.25, -0.2) is 9.59 Å². The molecule has 3 aliphatic rings. The van der Waals surface area contributed by atoms with Gasteiger partial charge in [0, 0.05) is 39.3 Å². The average Bonchev–Trinajstić information content (AvgIpc) is 3.11. The number of piperazine rings is 1. The van der Waals surface area contributed by atoms with Gasteiger partial charge in [-0.3, -0.25) is 9.80 Å². The molecule has 2 heterocycles. The summed E-state index contributed by atoms with van der Waals surface area (Å²) in [5.74, 6) is -0.667. The molecule has 41 heavy (non-hydrogen) atoms. The van der Waals surface area contributed by atoms with Crippen molar-refractivity contribution in [2.75, 3.05) is 59.1 Å². The number of aryl methyl sites for hydroxylation is 3. The number of rotatable bonds is 10. The first-order valence-electron chi connectivity index (χ1n) is 15.0. The zero-order chi connectivity index (χ0) is 29.8. The summed E-state index contributed by atoms with van der Waals surface area (Å²) in [4.78, 5) is 29.4. The molecule has 9 nitrogen and oxygen atoms in total. The lowest BCUT2D eigenvalue weighted by Crippen LogP contribution is -2.48. The van der Waals surface area contributed by atoms with Crippen LogP contribution in [-0.2, 0) is 28.5 Å². The molecule has 1 saturated heterocycles. The molecule has 0 amide bonds. The molecule has 0 unspecified atom stereocenters. The molecular formula is C32H48N2O7. The molecule has 1 saturated carbocycles. The Morgan fingerprint density at radius 3 is 2.12 bits per heavy atom. The third-order valence-electron chi connectivity index (χ3n) is 8.25. The Bertz CT molecular complexity index is 1100. The van der Waals surface area contributed by atoms with E-state index in [9.17, 15) is 14.7 Å². The van der Waals surface area contributed by atoms with Crippen molar-refractivity contribution < 1.29 is 33.6 Å². The fourth-order valence-electron chi connectivity index (χ4n) is 6.26. The Kier molecular flexibility index (Phi) is 10.2. The van der Waals surface area contributed by atoms with E-state index in [-0.39, 0.29) is 24.4 Å². The van der Waals surface area contributed by atoms with Gasteiger partial charge in [0.25, 0.3) is 0 Å². The zero-order valence-electron chi connectivity index (χ0n) is 25.7. The van der Waals surface area contributed by atoms with Gasteiger partial charge in [-0.05, 0) is 83.9 Å². The van der Waals surface area contributed by atoms with Gasteiger partial charge in [-0.15, -0.1) is 0 Å². The number of benzene rings is 1. The molecule has 1 aromatic rings. The quantitative estimate of drug-likeness (QED) is 0.328. The van der Waals surface area contributed by atoms with Gasteiger partial charge >= 0.3 is 11.9 Å². The smallest absolute Gasteiger partial charge is 0.343 e. The first-order chi connectivity index (χ1) is 19.4. The summed E-state index contributed by atoms with van der Waals surface area (Å²) < 4.78 is 22.8. The molecule has 0 bridgehead atoms. The highest BCUT2D eigenvalue weighted by Crippen LogP contribution is 2.46. The van der Waals surface area contributed by atoms with E-state index in [4.69, 9.17) is 18.9 Å². The minimum Gasteiger partial charge on any atom is -0.507 e. The summed E-state index contributed by atoms with van der Waals surface area (Å²) in [5.41, 5.74) is 2.78. The number of aliphatic hydroxyl groups is 1. The Morgan fingerprint density at radius 1 is 1.00 bits per heavy atom. The number of ether oxygens (including phenoxy) is 4. The van der Waals surface area contributed by atoms with Crippen LogP contribution in [0.1, 0.15) is 68.7 Å². The summed E-state index contributed by atoms with van der Waals surface area (Å²) in [6, 6.07) is 4.07. The highest BCUT2D eigenvalue weighted by Gasteiger charge is 2.51. The Morgan fingerprint density at radius 2 is 1.56 bits per heavy atom. The number of aliphatic hydroxyl groups excluding tert-OH is 1. The molecule has 0 radical (unpaired) electrons. The van der Waals surface area contributed by atoms with E-state index in [0.717, 1.165) is 74.4 Å². The van der Waals surface area contributed by atoms with E-state index in [0.29, 0.717) is 31.6 Å². The van der Waals surface area contributed by atoms with Crippen LogP contribution in [0.4, 0.5) is 0 Å². The number of hydrogen-bond donors (Lipinski definition) is 1. The lowest BCUT2D eigenvalue weighted by molar-refractivity contribution is -0.160. The van der Waals surface area contributed by atoms with Crippen molar-refractivity contribution in [2.45, 2.75) is 84.5 Å². The van der Waals surface area contributed by atoms with Crippen LogP contribution in [0.3, 0.4) is 0 Å². The molecule has 1 aliphatic carbocycles. The lowest BCUT2D eigenvalue weighted by atomic mass is 9.80.